The van der Waals surface area contributed by atoms with Crippen molar-refractivity contribution in [3.8, 4) is 0 Å². The number of amides is 1. The molecule has 106 valence electrons. The number of nitrogens with one attached hydrogen (secondary N) is 2. The monoisotopic (exact) mass is 280 g/mol. The van der Waals surface area contributed by atoms with E-state index in [-0.39, 0.29) is 5.92 Å². The van der Waals surface area contributed by atoms with Crippen LogP contribution in [0, 0.1) is 5.92 Å². The fraction of sp³-hybridized carbons (Fsp3) is 0.800. The molecule has 0 aromatic rings. The molecule has 0 aliphatic heterocycles. The van der Waals surface area contributed by atoms with Crippen molar-refractivity contribution in [2.24, 2.45) is 5.92 Å². The summed E-state index contributed by atoms with van der Waals surface area (Å²) in [5, 5.41) is 10.9. The summed E-state index contributed by atoms with van der Waals surface area (Å²) < 4.78 is 24.5. The first-order chi connectivity index (χ1) is 8.03. The molecule has 0 saturated heterocycles. The first kappa shape index (κ1) is 16.9. The average Bonchev–Trinajstić information content (AvgIpc) is 2.13. The summed E-state index contributed by atoms with van der Waals surface area (Å²) in [5.41, 5.74) is 0. The molecule has 8 heteroatoms. The summed E-state index contributed by atoms with van der Waals surface area (Å²) in [7, 11) is -3.53. The lowest BCUT2D eigenvalue weighted by molar-refractivity contribution is -0.141. The second-order valence-electron chi connectivity index (χ2n) is 4.64. The van der Waals surface area contributed by atoms with Gasteiger partial charge < -0.3 is 10.4 Å². The molecule has 0 aliphatic rings. The van der Waals surface area contributed by atoms with E-state index in [1.165, 1.54) is 6.92 Å². The molecule has 0 fully saturated rings. The number of sulfonamides is 1. The molecule has 0 rings (SSSR count). The Bertz CT molecular complexity index is 404. The van der Waals surface area contributed by atoms with Gasteiger partial charge in [-0.3, -0.25) is 9.59 Å². The SMILES string of the molecule is CC(C)CC(NS(C)(=O)=O)C(=O)NC(C)C(=O)O. The quantitative estimate of drug-likeness (QED) is 0.584. The third-order valence-electron chi connectivity index (χ3n) is 2.11. The maximum Gasteiger partial charge on any atom is 0.325 e. The second-order valence-corrected chi connectivity index (χ2v) is 6.42. The summed E-state index contributed by atoms with van der Waals surface area (Å²) in [4.78, 5) is 22.4. The van der Waals surface area contributed by atoms with E-state index in [4.69, 9.17) is 5.11 Å². The third kappa shape index (κ3) is 7.23. The van der Waals surface area contributed by atoms with Gasteiger partial charge in [0, 0.05) is 0 Å². The van der Waals surface area contributed by atoms with Gasteiger partial charge in [0.1, 0.15) is 12.1 Å². The van der Waals surface area contributed by atoms with Crippen molar-refractivity contribution in [1.29, 1.82) is 0 Å². The largest absolute Gasteiger partial charge is 0.480 e. The van der Waals surface area contributed by atoms with Gasteiger partial charge in [0.15, 0.2) is 0 Å². The van der Waals surface area contributed by atoms with E-state index in [1.54, 1.807) is 0 Å². The van der Waals surface area contributed by atoms with Crippen LogP contribution >= 0.6 is 0 Å². The van der Waals surface area contributed by atoms with E-state index in [0.717, 1.165) is 6.26 Å². The summed E-state index contributed by atoms with van der Waals surface area (Å²) in [6.07, 6.45) is 1.25. The van der Waals surface area contributed by atoms with Gasteiger partial charge in [0.05, 0.1) is 6.26 Å². The Kier molecular flexibility index (Phi) is 6.27. The molecule has 7 nitrogen and oxygen atoms in total. The highest BCUT2D eigenvalue weighted by atomic mass is 32.2. The predicted molar refractivity (Wildman–Crippen MR) is 66.5 cm³/mol. The fourth-order valence-electron chi connectivity index (χ4n) is 1.31. The van der Waals surface area contributed by atoms with E-state index < -0.39 is 34.0 Å². The molecule has 3 N–H and O–H groups in total. The number of carboxylic acids is 1. The maximum atomic E-state index is 11.8. The standard InChI is InChI=1S/C10H20N2O5S/c1-6(2)5-8(12-18(4,16)17)9(13)11-7(3)10(14)15/h6-8,12H,5H2,1-4H3,(H,11,13)(H,14,15). The molecule has 0 aliphatic carbocycles. The molecular weight excluding hydrogens is 260 g/mol. The van der Waals surface area contributed by atoms with E-state index in [9.17, 15) is 18.0 Å². The molecule has 18 heavy (non-hydrogen) atoms. The highest BCUT2D eigenvalue weighted by Gasteiger charge is 2.25. The minimum absolute atomic E-state index is 0.0927. The number of carbonyl (C=O) groups is 2. The Hall–Kier alpha value is -1.15. The van der Waals surface area contributed by atoms with Crippen LogP contribution in [0.5, 0.6) is 0 Å². The van der Waals surface area contributed by atoms with Gasteiger partial charge in [-0.1, -0.05) is 13.8 Å². The van der Waals surface area contributed by atoms with Crippen molar-refractivity contribution in [3.05, 3.63) is 0 Å². The first-order valence-electron chi connectivity index (χ1n) is 5.53. The lowest BCUT2D eigenvalue weighted by atomic mass is 10.0. The fourth-order valence-corrected chi connectivity index (χ4v) is 2.03. The average molecular weight is 280 g/mol. The molecule has 0 aromatic heterocycles. The van der Waals surface area contributed by atoms with Gasteiger partial charge >= 0.3 is 5.97 Å². The molecule has 1 amide bonds. The van der Waals surface area contributed by atoms with Crippen LogP contribution in [0.1, 0.15) is 27.2 Å². The number of carboxylic acid groups (broad SMARTS) is 1. The number of hydrogen-bond acceptors (Lipinski definition) is 4. The van der Waals surface area contributed by atoms with E-state index in [0.29, 0.717) is 6.42 Å². The van der Waals surface area contributed by atoms with Crippen molar-refractivity contribution in [1.82, 2.24) is 10.0 Å². The van der Waals surface area contributed by atoms with E-state index >= 15 is 0 Å². The first-order valence-corrected chi connectivity index (χ1v) is 7.42. The number of aliphatic carboxylic acids is 1. The van der Waals surface area contributed by atoms with Crippen LogP contribution in [-0.2, 0) is 19.6 Å². The zero-order valence-electron chi connectivity index (χ0n) is 10.9. The molecule has 0 radical (unpaired) electrons. The van der Waals surface area contributed by atoms with Crippen molar-refractivity contribution in [2.45, 2.75) is 39.3 Å². The molecule has 0 saturated carbocycles. The molecule has 0 spiro atoms. The minimum Gasteiger partial charge on any atom is -0.480 e. The minimum atomic E-state index is -3.53. The van der Waals surface area contributed by atoms with Gasteiger partial charge in [-0.25, -0.2) is 13.1 Å². The van der Waals surface area contributed by atoms with Crippen LogP contribution < -0.4 is 10.0 Å². The topological polar surface area (TPSA) is 113 Å². The zero-order valence-corrected chi connectivity index (χ0v) is 11.7. The molecule has 0 heterocycles. The number of rotatable bonds is 7. The smallest absolute Gasteiger partial charge is 0.325 e. The van der Waals surface area contributed by atoms with Gasteiger partial charge in [-0.2, -0.15) is 0 Å². The van der Waals surface area contributed by atoms with Crippen LogP contribution in [-0.4, -0.2) is 43.7 Å². The zero-order chi connectivity index (χ0) is 14.5. The lowest BCUT2D eigenvalue weighted by Crippen LogP contribution is -2.50. The molecule has 2 unspecified atom stereocenters. The van der Waals surface area contributed by atoms with Crippen LogP contribution in [0.2, 0.25) is 0 Å². The maximum absolute atomic E-state index is 11.8. The number of carbonyl (C=O) groups excluding carboxylic acids is 1. The van der Waals surface area contributed by atoms with Gasteiger partial charge in [-0.05, 0) is 19.3 Å². The molecule has 2 atom stereocenters. The summed E-state index contributed by atoms with van der Waals surface area (Å²) in [6, 6.07) is -2.02. The van der Waals surface area contributed by atoms with Crippen LogP contribution in [0.4, 0.5) is 0 Å². The van der Waals surface area contributed by atoms with Crippen molar-refractivity contribution >= 4 is 21.9 Å². The Balaban J connectivity index is 4.75. The summed E-state index contributed by atoms with van der Waals surface area (Å²) in [6.45, 7) is 4.99. The highest BCUT2D eigenvalue weighted by molar-refractivity contribution is 7.88. The van der Waals surface area contributed by atoms with Crippen LogP contribution in [0.25, 0.3) is 0 Å². The lowest BCUT2D eigenvalue weighted by Gasteiger charge is -2.20. The van der Waals surface area contributed by atoms with Crippen LogP contribution in [0.15, 0.2) is 0 Å². The van der Waals surface area contributed by atoms with Crippen molar-refractivity contribution in [3.63, 3.8) is 0 Å². The Morgan fingerprint density at radius 1 is 1.22 bits per heavy atom. The van der Waals surface area contributed by atoms with Crippen molar-refractivity contribution < 1.29 is 23.1 Å². The molecule has 0 bridgehead atoms. The second kappa shape index (κ2) is 6.69. The Labute approximate surface area is 107 Å². The van der Waals surface area contributed by atoms with Crippen LogP contribution in [0.3, 0.4) is 0 Å². The molecular formula is C10H20N2O5S. The van der Waals surface area contributed by atoms with E-state index in [2.05, 4.69) is 10.0 Å². The Morgan fingerprint density at radius 3 is 2.06 bits per heavy atom. The van der Waals surface area contributed by atoms with Crippen molar-refractivity contribution in [2.75, 3.05) is 6.26 Å². The summed E-state index contributed by atoms with van der Waals surface area (Å²) in [5.74, 6) is -1.72. The number of hydrogen-bond donors (Lipinski definition) is 3. The van der Waals surface area contributed by atoms with Gasteiger partial charge in [-0.15, -0.1) is 0 Å². The van der Waals surface area contributed by atoms with Gasteiger partial charge in [0.2, 0.25) is 15.9 Å². The normalized spacial score (nSPS) is 15.2. The summed E-state index contributed by atoms with van der Waals surface area (Å²) >= 11 is 0. The third-order valence-corrected chi connectivity index (χ3v) is 2.82. The highest BCUT2D eigenvalue weighted by Crippen LogP contribution is 2.06. The van der Waals surface area contributed by atoms with E-state index in [1.807, 2.05) is 13.8 Å². The van der Waals surface area contributed by atoms with Gasteiger partial charge in [0.25, 0.3) is 0 Å². The Morgan fingerprint density at radius 2 is 1.72 bits per heavy atom. The predicted octanol–water partition coefficient (Wildman–Crippen LogP) is -0.460. The molecule has 0 aromatic carbocycles.